The summed E-state index contributed by atoms with van der Waals surface area (Å²) in [6, 6.07) is 2.82. The number of amides is 1. The minimum atomic E-state index is -2.58. The Morgan fingerprint density at radius 3 is 2.79 bits per heavy atom. The topological polar surface area (TPSA) is 80.6 Å². The number of alkyl halides is 2. The van der Waals surface area contributed by atoms with Gasteiger partial charge in [0.05, 0.1) is 20.2 Å². The van der Waals surface area contributed by atoms with Crippen LogP contribution in [0.4, 0.5) is 8.78 Å². The highest BCUT2D eigenvalue weighted by Crippen LogP contribution is 2.06. The van der Waals surface area contributed by atoms with Crippen molar-refractivity contribution in [2.24, 2.45) is 0 Å². The summed E-state index contributed by atoms with van der Waals surface area (Å²) in [5.41, 5.74) is 0.0253. The summed E-state index contributed by atoms with van der Waals surface area (Å²) < 4.78 is 29.9. The number of halogens is 2. The van der Waals surface area contributed by atoms with Crippen molar-refractivity contribution in [3.8, 4) is 0 Å². The molecule has 1 amide bonds. The van der Waals surface area contributed by atoms with E-state index in [0.29, 0.717) is 0 Å². The van der Waals surface area contributed by atoms with Crippen LogP contribution in [0.15, 0.2) is 18.3 Å². The van der Waals surface area contributed by atoms with Gasteiger partial charge in [0.25, 0.3) is 12.3 Å². The van der Waals surface area contributed by atoms with Crippen LogP contribution >= 0.6 is 0 Å². The molecule has 2 N–H and O–H groups in total. The van der Waals surface area contributed by atoms with Gasteiger partial charge in [-0.3, -0.25) is 4.79 Å². The number of aromatic nitrogens is 1. The number of rotatable bonds is 6. The Labute approximate surface area is 108 Å². The maximum Gasteiger partial charge on any atom is 0.336 e. The van der Waals surface area contributed by atoms with E-state index in [4.69, 9.17) is 0 Å². The second-order valence-corrected chi connectivity index (χ2v) is 3.69. The molecule has 0 aliphatic carbocycles. The van der Waals surface area contributed by atoms with E-state index in [9.17, 15) is 23.5 Å². The van der Waals surface area contributed by atoms with Crippen LogP contribution in [0, 0.1) is 0 Å². The molecule has 0 aliphatic rings. The third-order valence-electron chi connectivity index (χ3n) is 2.33. The molecular weight excluding hydrogens is 262 g/mol. The first-order valence-electron chi connectivity index (χ1n) is 5.43. The monoisotopic (exact) mass is 276 g/mol. The standard InChI is InChI=1S/C11H14F2N2O4/c1-19-11(18)8(16)5-14-10(17)7-3-2-4-15(7)6-9(12)13/h2-4,8-9,16H,5-6H2,1H3,(H,14,17). The molecule has 1 atom stereocenters. The number of aliphatic hydroxyl groups is 1. The number of nitrogens with zero attached hydrogens (tertiary/aromatic N) is 1. The molecule has 1 unspecified atom stereocenters. The van der Waals surface area contributed by atoms with Crippen LogP contribution in [0.5, 0.6) is 0 Å². The molecule has 1 rings (SSSR count). The van der Waals surface area contributed by atoms with Gasteiger partial charge >= 0.3 is 5.97 Å². The van der Waals surface area contributed by atoms with Crippen molar-refractivity contribution in [1.82, 2.24) is 9.88 Å². The van der Waals surface area contributed by atoms with Crippen molar-refractivity contribution < 1.29 is 28.2 Å². The molecule has 0 fully saturated rings. The fourth-order valence-electron chi connectivity index (χ4n) is 1.43. The Balaban J connectivity index is 2.59. The highest BCUT2D eigenvalue weighted by Gasteiger charge is 2.18. The van der Waals surface area contributed by atoms with Gasteiger partial charge in [-0.1, -0.05) is 0 Å². The molecule has 1 heterocycles. The molecule has 0 bridgehead atoms. The zero-order chi connectivity index (χ0) is 14.4. The summed E-state index contributed by atoms with van der Waals surface area (Å²) in [6.07, 6.45) is -2.73. The second-order valence-electron chi connectivity index (χ2n) is 3.69. The summed E-state index contributed by atoms with van der Waals surface area (Å²) in [5.74, 6) is -1.54. The largest absolute Gasteiger partial charge is 0.467 e. The third-order valence-corrected chi connectivity index (χ3v) is 2.33. The van der Waals surface area contributed by atoms with Gasteiger partial charge in [0, 0.05) is 6.20 Å². The minimum absolute atomic E-state index is 0.0253. The molecule has 0 radical (unpaired) electrons. The average Bonchev–Trinajstić information content (AvgIpc) is 2.81. The zero-order valence-corrected chi connectivity index (χ0v) is 10.2. The molecule has 0 spiro atoms. The lowest BCUT2D eigenvalue weighted by Gasteiger charge is -2.11. The predicted octanol–water partition coefficient (Wildman–Crippen LogP) is 0.0169. The van der Waals surface area contributed by atoms with Gasteiger partial charge in [0.2, 0.25) is 0 Å². The van der Waals surface area contributed by atoms with E-state index >= 15 is 0 Å². The van der Waals surface area contributed by atoms with E-state index in [1.165, 1.54) is 18.3 Å². The molecule has 8 heteroatoms. The van der Waals surface area contributed by atoms with Crippen molar-refractivity contribution in [3.05, 3.63) is 24.0 Å². The van der Waals surface area contributed by atoms with Crippen LogP contribution in [-0.4, -0.2) is 47.7 Å². The predicted molar refractivity (Wildman–Crippen MR) is 60.8 cm³/mol. The van der Waals surface area contributed by atoms with Crippen molar-refractivity contribution in [2.75, 3.05) is 13.7 Å². The van der Waals surface area contributed by atoms with E-state index < -0.39 is 31.0 Å². The van der Waals surface area contributed by atoms with E-state index in [1.54, 1.807) is 0 Å². The van der Waals surface area contributed by atoms with Crippen molar-refractivity contribution in [3.63, 3.8) is 0 Å². The molecule has 1 aromatic heterocycles. The number of methoxy groups -OCH3 is 1. The molecule has 6 nitrogen and oxygen atoms in total. The Morgan fingerprint density at radius 1 is 1.53 bits per heavy atom. The normalized spacial score (nSPS) is 12.3. The van der Waals surface area contributed by atoms with Gasteiger partial charge in [-0.05, 0) is 12.1 Å². The van der Waals surface area contributed by atoms with Crippen LogP contribution in [0.1, 0.15) is 10.5 Å². The number of hydrogen-bond donors (Lipinski definition) is 2. The van der Waals surface area contributed by atoms with E-state index in [0.717, 1.165) is 11.7 Å². The molecule has 1 aromatic rings. The minimum Gasteiger partial charge on any atom is -0.467 e. The van der Waals surface area contributed by atoms with Gasteiger partial charge in [-0.25, -0.2) is 13.6 Å². The molecule has 0 aliphatic heterocycles. The number of hydrogen-bond acceptors (Lipinski definition) is 4. The van der Waals surface area contributed by atoms with Crippen LogP contribution in [0.25, 0.3) is 0 Å². The zero-order valence-electron chi connectivity index (χ0n) is 10.2. The first-order valence-corrected chi connectivity index (χ1v) is 5.43. The maximum atomic E-state index is 12.3. The Morgan fingerprint density at radius 2 is 2.21 bits per heavy atom. The lowest BCUT2D eigenvalue weighted by Crippen LogP contribution is -2.38. The van der Waals surface area contributed by atoms with Crippen LogP contribution in [0.2, 0.25) is 0 Å². The first kappa shape index (κ1) is 15.1. The molecule has 0 saturated heterocycles. The van der Waals surface area contributed by atoms with E-state index in [2.05, 4.69) is 10.1 Å². The Bertz CT molecular complexity index is 448. The van der Waals surface area contributed by atoms with Crippen LogP contribution < -0.4 is 5.32 Å². The van der Waals surface area contributed by atoms with Gasteiger partial charge < -0.3 is 19.7 Å². The first-order chi connectivity index (χ1) is 8.95. The number of aliphatic hydroxyl groups excluding tert-OH is 1. The average molecular weight is 276 g/mol. The summed E-state index contributed by atoms with van der Waals surface area (Å²) in [6.45, 7) is -0.958. The quantitative estimate of drug-likeness (QED) is 0.718. The van der Waals surface area contributed by atoms with Crippen molar-refractivity contribution in [1.29, 1.82) is 0 Å². The smallest absolute Gasteiger partial charge is 0.336 e. The maximum absolute atomic E-state index is 12.3. The SMILES string of the molecule is COC(=O)C(O)CNC(=O)c1cccn1CC(F)F. The summed E-state index contributed by atoms with van der Waals surface area (Å²) in [4.78, 5) is 22.6. The van der Waals surface area contributed by atoms with Crippen molar-refractivity contribution >= 4 is 11.9 Å². The van der Waals surface area contributed by atoms with Gasteiger partial charge in [-0.15, -0.1) is 0 Å². The van der Waals surface area contributed by atoms with Crippen LogP contribution in [0.3, 0.4) is 0 Å². The highest BCUT2D eigenvalue weighted by atomic mass is 19.3. The van der Waals surface area contributed by atoms with Gasteiger partial charge in [-0.2, -0.15) is 0 Å². The Kier molecular flexibility index (Phi) is 5.43. The molecule has 0 saturated carbocycles. The van der Waals surface area contributed by atoms with Crippen LogP contribution in [-0.2, 0) is 16.1 Å². The summed E-state index contributed by atoms with van der Waals surface area (Å²) in [5, 5.41) is 11.5. The summed E-state index contributed by atoms with van der Waals surface area (Å²) >= 11 is 0. The van der Waals surface area contributed by atoms with E-state index in [1.807, 2.05) is 0 Å². The lowest BCUT2D eigenvalue weighted by atomic mass is 10.3. The lowest BCUT2D eigenvalue weighted by molar-refractivity contribution is -0.149. The third kappa shape index (κ3) is 4.32. The number of carbonyl (C=O) groups is 2. The molecular formula is C11H14F2N2O4. The summed E-state index contributed by atoms with van der Waals surface area (Å²) in [7, 11) is 1.10. The fraction of sp³-hybridized carbons (Fsp3) is 0.455. The van der Waals surface area contributed by atoms with Crippen molar-refractivity contribution in [2.45, 2.75) is 19.1 Å². The fourth-order valence-corrected chi connectivity index (χ4v) is 1.43. The van der Waals surface area contributed by atoms with E-state index in [-0.39, 0.29) is 12.2 Å². The van der Waals surface area contributed by atoms with Gasteiger partial charge in [0.15, 0.2) is 6.10 Å². The van der Waals surface area contributed by atoms with Gasteiger partial charge in [0.1, 0.15) is 5.69 Å². The number of nitrogens with one attached hydrogen (secondary N) is 1. The number of ether oxygens (including phenoxy) is 1. The number of carbonyl (C=O) groups excluding carboxylic acids is 2. The Hall–Kier alpha value is -1.96. The highest BCUT2D eigenvalue weighted by molar-refractivity contribution is 5.93. The second kappa shape index (κ2) is 6.83. The molecule has 106 valence electrons. The molecule has 19 heavy (non-hydrogen) atoms. The molecule has 0 aromatic carbocycles. The number of esters is 1.